The fraction of sp³-hybridized carbons (Fsp3) is 0.364. The van der Waals surface area contributed by atoms with E-state index in [-0.39, 0.29) is 29.9 Å². The van der Waals surface area contributed by atoms with E-state index < -0.39 is 12.1 Å². The van der Waals surface area contributed by atoms with Gasteiger partial charge >= 0.3 is 0 Å². The van der Waals surface area contributed by atoms with Gasteiger partial charge in [-0.25, -0.2) is 0 Å². The van der Waals surface area contributed by atoms with Gasteiger partial charge in [-0.3, -0.25) is 9.59 Å². The number of hydrogen-bond donors (Lipinski definition) is 4. The Morgan fingerprint density at radius 2 is 1.70 bits per heavy atom. The molecule has 1 aliphatic rings. The normalized spacial score (nSPS) is 19.1. The van der Waals surface area contributed by atoms with Crippen LogP contribution in [-0.2, 0) is 22.6 Å². The number of aromatic hydroxyl groups is 2. The minimum Gasteiger partial charge on any atom is -0.504 e. The van der Waals surface area contributed by atoms with Crippen molar-refractivity contribution in [2.75, 3.05) is 6.54 Å². The maximum Gasteiger partial charge on any atom is 0.246 e. The van der Waals surface area contributed by atoms with Crippen molar-refractivity contribution in [3.8, 4) is 11.5 Å². The van der Waals surface area contributed by atoms with Crippen molar-refractivity contribution in [2.24, 2.45) is 5.73 Å². The number of carbonyl (C=O) groups is 2. The second-order valence-electron chi connectivity index (χ2n) is 7.48. The number of phenols is 2. The van der Waals surface area contributed by atoms with E-state index in [1.807, 2.05) is 24.3 Å². The lowest BCUT2D eigenvalue weighted by molar-refractivity contribution is -0.150. The van der Waals surface area contributed by atoms with Crippen LogP contribution in [0.4, 0.5) is 0 Å². The van der Waals surface area contributed by atoms with Crippen molar-refractivity contribution in [1.82, 2.24) is 10.2 Å². The standard InChI is InChI=1S/C22H26IN3O4/c23-16-7-4-14(5-8-16)11-17-22(30)26(13-15-6-9-19(27)20(28)12-15)18(21(29)25-17)3-1-2-10-24/h4-9,12,17-18,27-28H,1-3,10-11,13,24H2,(H,25,29). The zero-order valence-corrected chi connectivity index (χ0v) is 18.7. The van der Waals surface area contributed by atoms with Gasteiger partial charge < -0.3 is 26.2 Å². The van der Waals surface area contributed by atoms with E-state index >= 15 is 0 Å². The van der Waals surface area contributed by atoms with E-state index in [4.69, 9.17) is 5.73 Å². The van der Waals surface area contributed by atoms with Gasteiger partial charge in [0.2, 0.25) is 11.8 Å². The molecule has 7 nitrogen and oxygen atoms in total. The number of unbranched alkanes of at least 4 members (excludes halogenated alkanes) is 1. The first-order valence-electron chi connectivity index (χ1n) is 9.95. The van der Waals surface area contributed by atoms with Crippen molar-refractivity contribution in [3.05, 3.63) is 57.2 Å². The molecule has 0 saturated carbocycles. The van der Waals surface area contributed by atoms with Gasteiger partial charge in [0, 0.05) is 16.5 Å². The molecule has 5 N–H and O–H groups in total. The summed E-state index contributed by atoms with van der Waals surface area (Å²) in [7, 11) is 0. The highest BCUT2D eigenvalue weighted by atomic mass is 127. The first-order chi connectivity index (χ1) is 14.4. The minimum atomic E-state index is -0.644. The highest BCUT2D eigenvalue weighted by Gasteiger charge is 2.40. The Kier molecular flexibility index (Phi) is 7.54. The maximum atomic E-state index is 13.3. The fourth-order valence-corrected chi connectivity index (χ4v) is 4.00. The molecular weight excluding hydrogens is 497 g/mol. The molecule has 1 aliphatic heterocycles. The molecule has 1 heterocycles. The number of hydrogen-bond acceptors (Lipinski definition) is 5. The maximum absolute atomic E-state index is 13.3. The lowest BCUT2D eigenvalue weighted by Crippen LogP contribution is -2.63. The van der Waals surface area contributed by atoms with Gasteiger partial charge in [0.15, 0.2) is 11.5 Å². The van der Waals surface area contributed by atoms with Crippen molar-refractivity contribution < 1.29 is 19.8 Å². The molecule has 2 aromatic rings. The van der Waals surface area contributed by atoms with Crippen LogP contribution in [0.15, 0.2) is 42.5 Å². The zero-order valence-electron chi connectivity index (χ0n) is 16.6. The zero-order chi connectivity index (χ0) is 21.7. The number of amides is 2. The summed E-state index contributed by atoms with van der Waals surface area (Å²) >= 11 is 2.22. The number of carbonyl (C=O) groups excluding carboxylic acids is 2. The SMILES string of the molecule is NCCCCC1C(=O)NC(Cc2ccc(I)cc2)C(=O)N1Cc1ccc(O)c(O)c1. The number of nitrogens with zero attached hydrogens (tertiary/aromatic N) is 1. The number of piperazine rings is 1. The van der Waals surface area contributed by atoms with Crippen LogP contribution in [0.1, 0.15) is 30.4 Å². The number of phenolic OH excluding ortho intramolecular Hbond substituents is 2. The summed E-state index contributed by atoms with van der Waals surface area (Å²) in [6.07, 6.45) is 2.45. The first kappa shape index (κ1) is 22.4. The monoisotopic (exact) mass is 523 g/mol. The summed E-state index contributed by atoms with van der Waals surface area (Å²) in [6, 6.07) is 11.1. The molecular formula is C22H26IN3O4. The van der Waals surface area contributed by atoms with Crippen molar-refractivity contribution >= 4 is 34.4 Å². The van der Waals surface area contributed by atoms with Crippen LogP contribution in [-0.4, -0.2) is 45.6 Å². The fourth-order valence-electron chi connectivity index (χ4n) is 3.64. The lowest BCUT2D eigenvalue weighted by atomic mass is 9.97. The van der Waals surface area contributed by atoms with Crippen LogP contribution in [0.2, 0.25) is 0 Å². The summed E-state index contributed by atoms with van der Waals surface area (Å²) in [5, 5.41) is 22.3. The molecule has 3 rings (SSSR count). The Labute approximate surface area is 189 Å². The number of nitrogens with two attached hydrogens (primary N) is 1. The molecule has 0 spiro atoms. The van der Waals surface area contributed by atoms with E-state index in [0.717, 1.165) is 22.0 Å². The first-order valence-corrected chi connectivity index (χ1v) is 11.0. The quantitative estimate of drug-likeness (QED) is 0.241. The summed E-state index contributed by atoms with van der Waals surface area (Å²) in [4.78, 5) is 27.8. The van der Waals surface area contributed by atoms with Gasteiger partial charge in [-0.15, -0.1) is 0 Å². The van der Waals surface area contributed by atoms with Gasteiger partial charge in [-0.1, -0.05) is 18.2 Å². The Balaban J connectivity index is 1.82. The topological polar surface area (TPSA) is 116 Å². The Hall–Kier alpha value is -2.33. The predicted molar refractivity (Wildman–Crippen MR) is 122 cm³/mol. The number of nitrogens with one attached hydrogen (secondary N) is 1. The van der Waals surface area contributed by atoms with E-state index in [0.29, 0.717) is 24.9 Å². The minimum absolute atomic E-state index is 0.154. The highest BCUT2D eigenvalue weighted by molar-refractivity contribution is 14.1. The van der Waals surface area contributed by atoms with Crippen molar-refractivity contribution in [2.45, 2.75) is 44.3 Å². The van der Waals surface area contributed by atoms with E-state index in [1.54, 1.807) is 11.0 Å². The van der Waals surface area contributed by atoms with Crippen LogP contribution in [0, 0.1) is 3.57 Å². The molecule has 30 heavy (non-hydrogen) atoms. The molecule has 0 radical (unpaired) electrons. The van der Waals surface area contributed by atoms with Gasteiger partial charge in [0.1, 0.15) is 12.1 Å². The third kappa shape index (κ3) is 5.42. The second kappa shape index (κ2) is 10.1. The molecule has 1 saturated heterocycles. The molecule has 2 aromatic carbocycles. The average Bonchev–Trinajstić information content (AvgIpc) is 2.72. The van der Waals surface area contributed by atoms with Crippen LogP contribution >= 0.6 is 22.6 Å². The molecule has 0 aliphatic carbocycles. The number of rotatable bonds is 8. The van der Waals surface area contributed by atoms with Crippen LogP contribution in [0.3, 0.4) is 0 Å². The third-order valence-corrected chi connectivity index (χ3v) is 5.97. The van der Waals surface area contributed by atoms with E-state index in [9.17, 15) is 19.8 Å². The molecule has 2 atom stereocenters. The smallest absolute Gasteiger partial charge is 0.246 e. The average molecular weight is 523 g/mol. The number of halogens is 1. The van der Waals surface area contributed by atoms with Gasteiger partial charge in [0.05, 0.1) is 0 Å². The summed E-state index contributed by atoms with van der Waals surface area (Å²) in [5.74, 6) is -0.808. The predicted octanol–water partition coefficient (Wildman–Crippen LogP) is 2.27. The molecule has 160 valence electrons. The summed E-state index contributed by atoms with van der Waals surface area (Å²) in [5.41, 5.74) is 7.19. The third-order valence-electron chi connectivity index (χ3n) is 5.25. The summed E-state index contributed by atoms with van der Waals surface area (Å²) < 4.78 is 1.10. The lowest BCUT2D eigenvalue weighted by Gasteiger charge is -2.39. The van der Waals surface area contributed by atoms with E-state index in [2.05, 4.69) is 27.9 Å². The second-order valence-corrected chi connectivity index (χ2v) is 8.73. The van der Waals surface area contributed by atoms with Crippen molar-refractivity contribution in [3.63, 3.8) is 0 Å². The van der Waals surface area contributed by atoms with Crippen molar-refractivity contribution in [1.29, 1.82) is 0 Å². The van der Waals surface area contributed by atoms with Gasteiger partial charge in [-0.05, 0) is 83.8 Å². The van der Waals surface area contributed by atoms with Crippen LogP contribution < -0.4 is 11.1 Å². The summed E-state index contributed by atoms with van der Waals surface area (Å²) in [6.45, 7) is 0.708. The van der Waals surface area contributed by atoms with Crippen LogP contribution in [0.25, 0.3) is 0 Å². The molecule has 0 aromatic heterocycles. The van der Waals surface area contributed by atoms with Gasteiger partial charge in [0.25, 0.3) is 0 Å². The molecule has 2 amide bonds. The van der Waals surface area contributed by atoms with Crippen LogP contribution in [0.5, 0.6) is 11.5 Å². The van der Waals surface area contributed by atoms with E-state index in [1.165, 1.54) is 12.1 Å². The molecule has 8 heteroatoms. The largest absolute Gasteiger partial charge is 0.504 e. The Morgan fingerprint density at radius 3 is 2.37 bits per heavy atom. The Bertz CT molecular complexity index is 904. The Morgan fingerprint density at radius 1 is 1.00 bits per heavy atom. The highest BCUT2D eigenvalue weighted by Crippen LogP contribution is 2.27. The molecule has 1 fully saturated rings. The molecule has 0 bridgehead atoms. The van der Waals surface area contributed by atoms with Gasteiger partial charge in [-0.2, -0.15) is 0 Å². The number of benzene rings is 2. The molecule has 2 unspecified atom stereocenters.